The van der Waals surface area contributed by atoms with Crippen molar-refractivity contribution in [3.8, 4) is 0 Å². The number of rotatable bonds is 6. The Bertz CT molecular complexity index is 181. The molecule has 1 saturated carbocycles. The Balaban J connectivity index is 2.47. The first-order valence-electron chi connectivity index (χ1n) is 5.02. The lowest BCUT2D eigenvalue weighted by molar-refractivity contribution is -0.167. The lowest BCUT2D eigenvalue weighted by Gasteiger charge is -2.26. The third-order valence-corrected chi connectivity index (χ3v) is 2.82. The molecule has 0 spiro atoms. The highest BCUT2D eigenvalue weighted by atomic mass is 16.5. The second-order valence-electron chi connectivity index (χ2n) is 3.76. The maximum Gasteiger partial charge on any atom is 0.335 e. The summed E-state index contributed by atoms with van der Waals surface area (Å²) in [5.74, 6) is -0.199. The van der Waals surface area contributed by atoms with Crippen molar-refractivity contribution in [1.82, 2.24) is 0 Å². The summed E-state index contributed by atoms with van der Waals surface area (Å²) in [6, 6.07) is 0. The standard InChI is InChI=1S/C10H18O3/c1-3-10(4-2,9(11)12)13-7-8-5-6-8/h8H,3-7H2,1-2H3,(H,11,12). The molecule has 0 unspecified atom stereocenters. The molecule has 76 valence electrons. The van der Waals surface area contributed by atoms with E-state index in [1.807, 2.05) is 13.8 Å². The van der Waals surface area contributed by atoms with Crippen LogP contribution in [0.4, 0.5) is 0 Å². The largest absolute Gasteiger partial charge is 0.479 e. The monoisotopic (exact) mass is 186 g/mol. The molecule has 0 amide bonds. The smallest absolute Gasteiger partial charge is 0.335 e. The SMILES string of the molecule is CCC(CC)(OCC1CC1)C(=O)O. The van der Waals surface area contributed by atoms with Gasteiger partial charge in [0.2, 0.25) is 0 Å². The first kappa shape index (κ1) is 10.5. The molecule has 0 bridgehead atoms. The van der Waals surface area contributed by atoms with Gasteiger partial charge in [0.15, 0.2) is 5.60 Å². The van der Waals surface area contributed by atoms with E-state index in [-0.39, 0.29) is 0 Å². The van der Waals surface area contributed by atoms with E-state index in [0.29, 0.717) is 25.4 Å². The molecule has 0 radical (unpaired) electrons. The number of carbonyl (C=O) groups is 1. The average molecular weight is 186 g/mol. The van der Waals surface area contributed by atoms with Crippen molar-refractivity contribution in [1.29, 1.82) is 0 Å². The molecule has 1 aliphatic rings. The van der Waals surface area contributed by atoms with E-state index in [1.165, 1.54) is 12.8 Å². The van der Waals surface area contributed by atoms with Crippen molar-refractivity contribution in [3.05, 3.63) is 0 Å². The zero-order chi connectivity index (χ0) is 9.90. The van der Waals surface area contributed by atoms with Gasteiger partial charge in [-0.1, -0.05) is 13.8 Å². The van der Waals surface area contributed by atoms with Crippen molar-refractivity contribution < 1.29 is 14.6 Å². The lowest BCUT2D eigenvalue weighted by atomic mass is 9.97. The van der Waals surface area contributed by atoms with E-state index in [4.69, 9.17) is 9.84 Å². The van der Waals surface area contributed by atoms with Crippen LogP contribution in [-0.2, 0) is 9.53 Å². The van der Waals surface area contributed by atoms with Gasteiger partial charge in [-0.2, -0.15) is 0 Å². The third kappa shape index (κ3) is 2.44. The van der Waals surface area contributed by atoms with E-state index in [9.17, 15) is 4.79 Å². The summed E-state index contributed by atoms with van der Waals surface area (Å²) < 4.78 is 5.51. The van der Waals surface area contributed by atoms with Gasteiger partial charge in [-0.05, 0) is 31.6 Å². The molecule has 0 aromatic heterocycles. The predicted molar refractivity (Wildman–Crippen MR) is 49.6 cm³/mol. The fourth-order valence-corrected chi connectivity index (χ4v) is 1.38. The van der Waals surface area contributed by atoms with E-state index in [1.54, 1.807) is 0 Å². The van der Waals surface area contributed by atoms with Crippen LogP contribution < -0.4 is 0 Å². The first-order valence-corrected chi connectivity index (χ1v) is 5.02. The molecule has 1 rings (SSSR count). The average Bonchev–Trinajstić information content (AvgIpc) is 2.90. The second-order valence-corrected chi connectivity index (χ2v) is 3.76. The minimum Gasteiger partial charge on any atom is -0.479 e. The van der Waals surface area contributed by atoms with Gasteiger partial charge in [-0.15, -0.1) is 0 Å². The Kier molecular flexibility index (Phi) is 3.31. The maximum absolute atomic E-state index is 11.0. The topological polar surface area (TPSA) is 46.5 Å². The zero-order valence-electron chi connectivity index (χ0n) is 8.38. The summed E-state index contributed by atoms with van der Waals surface area (Å²) >= 11 is 0. The van der Waals surface area contributed by atoms with Gasteiger partial charge in [0.05, 0.1) is 6.61 Å². The number of carboxylic acid groups (broad SMARTS) is 1. The summed E-state index contributed by atoms with van der Waals surface area (Å²) in [6.07, 6.45) is 3.49. The van der Waals surface area contributed by atoms with Crippen LogP contribution in [0.15, 0.2) is 0 Å². The fourth-order valence-electron chi connectivity index (χ4n) is 1.38. The van der Waals surface area contributed by atoms with E-state index in [2.05, 4.69) is 0 Å². The lowest BCUT2D eigenvalue weighted by Crippen LogP contribution is -2.40. The van der Waals surface area contributed by atoms with Gasteiger partial charge in [0, 0.05) is 0 Å². The van der Waals surface area contributed by atoms with Crippen molar-refractivity contribution in [3.63, 3.8) is 0 Å². The van der Waals surface area contributed by atoms with Gasteiger partial charge >= 0.3 is 5.97 Å². The summed E-state index contributed by atoms with van der Waals surface area (Å²) in [5.41, 5.74) is -0.928. The highest BCUT2D eigenvalue weighted by molar-refractivity contribution is 5.77. The van der Waals surface area contributed by atoms with Crippen LogP contribution in [0.2, 0.25) is 0 Å². The van der Waals surface area contributed by atoms with Crippen molar-refractivity contribution >= 4 is 5.97 Å². The Morgan fingerprint density at radius 3 is 2.31 bits per heavy atom. The highest BCUT2D eigenvalue weighted by Gasteiger charge is 2.37. The minimum atomic E-state index is -0.928. The maximum atomic E-state index is 11.0. The van der Waals surface area contributed by atoms with Crippen molar-refractivity contribution in [2.45, 2.75) is 45.1 Å². The molecule has 0 atom stereocenters. The molecular formula is C10H18O3. The van der Waals surface area contributed by atoms with Crippen LogP contribution in [0.5, 0.6) is 0 Å². The number of ether oxygens (including phenoxy) is 1. The van der Waals surface area contributed by atoms with Gasteiger partial charge in [-0.3, -0.25) is 0 Å². The number of hydrogen-bond acceptors (Lipinski definition) is 2. The zero-order valence-corrected chi connectivity index (χ0v) is 8.38. The molecule has 0 aromatic rings. The molecule has 3 nitrogen and oxygen atoms in total. The normalized spacial score (nSPS) is 17.4. The predicted octanol–water partition coefficient (Wildman–Crippen LogP) is 2.06. The van der Waals surface area contributed by atoms with E-state index < -0.39 is 11.6 Å². The fraction of sp³-hybridized carbons (Fsp3) is 0.900. The number of carboxylic acids is 1. The molecule has 0 aromatic carbocycles. The number of aliphatic carboxylic acids is 1. The molecule has 1 fully saturated rings. The Morgan fingerprint density at radius 1 is 1.46 bits per heavy atom. The first-order chi connectivity index (χ1) is 6.14. The van der Waals surface area contributed by atoms with Crippen LogP contribution in [0.1, 0.15) is 39.5 Å². The van der Waals surface area contributed by atoms with E-state index >= 15 is 0 Å². The van der Waals surface area contributed by atoms with Crippen LogP contribution in [-0.4, -0.2) is 23.3 Å². The van der Waals surface area contributed by atoms with Crippen molar-refractivity contribution in [2.24, 2.45) is 5.92 Å². The quantitative estimate of drug-likeness (QED) is 0.690. The highest BCUT2D eigenvalue weighted by Crippen LogP contribution is 2.32. The van der Waals surface area contributed by atoms with Crippen molar-refractivity contribution in [2.75, 3.05) is 6.61 Å². The molecule has 0 aliphatic heterocycles. The number of hydrogen-bond donors (Lipinski definition) is 1. The van der Waals surface area contributed by atoms with Crippen LogP contribution in [0, 0.1) is 5.92 Å². The molecule has 3 heteroatoms. The second kappa shape index (κ2) is 4.09. The summed E-state index contributed by atoms with van der Waals surface area (Å²) in [7, 11) is 0. The van der Waals surface area contributed by atoms with Crippen LogP contribution in [0.25, 0.3) is 0 Å². The van der Waals surface area contributed by atoms with Gasteiger partial charge in [0.25, 0.3) is 0 Å². The molecule has 0 saturated heterocycles. The molecule has 1 N–H and O–H groups in total. The van der Waals surface area contributed by atoms with Gasteiger partial charge in [-0.25, -0.2) is 4.79 Å². The third-order valence-electron chi connectivity index (χ3n) is 2.82. The van der Waals surface area contributed by atoms with Crippen LogP contribution >= 0.6 is 0 Å². The summed E-state index contributed by atoms with van der Waals surface area (Å²) in [6.45, 7) is 4.35. The molecule has 13 heavy (non-hydrogen) atoms. The van der Waals surface area contributed by atoms with E-state index in [0.717, 1.165) is 0 Å². The van der Waals surface area contributed by atoms with Gasteiger partial charge in [0.1, 0.15) is 0 Å². The van der Waals surface area contributed by atoms with Gasteiger partial charge < -0.3 is 9.84 Å². The summed E-state index contributed by atoms with van der Waals surface area (Å²) in [5, 5.41) is 9.03. The molecule has 1 aliphatic carbocycles. The minimum absolute atomic E-state index is 0.547. The van der Waals surface area contributed by atoms with Crippen LogP contribution in [0.3, 0.4) is 0 Å². The summed E-state index contributed by atoms with van der Waals surface area (Å²) in [4.78, 5) is 11.0. The Hall–Kier alpha value is -0.570. The Labute approximate surface area is 79.1 Å². The Morgan fingerprint density at radius 2 is 2.00 bits per heavy atom. The molecular weight excluding hydrogens is 168 g/mol. The molecule has 0 heterocycles.